The minimum absolute atomic E-state index is 0.0165. The average molecular weight is 360 g/mol. The molecular weight excluding hydrogens is 336 g/mol. The van der Waals surface area contributed by atoms with E-state index in [0.29, 0.717) is 24.9 Å². The number of amides is 1. The van der Waals surface area contributed by atoms with Gasteiger partial charge in [-0.05, 0) is 45.2 Å². The lowest BCUT2D eigenvalue weighted by Gasteiger charge is -2.10. The molecule has 134 valence electrons. The molecule has 1 amide bonds. The van der Waals surface area contributed by atoms with Crippen molar-refractivity contribution in [2.75, 3.05) is 18.9 Å². The average Bonchev–Trinajstić information content (AvgIpc) is 3.34. The van der Waals surface area contributed by atoms with Crippen LogP contribution >= 0.6 is 11.8 Å². The van der Waals surface area contributed by atoms with Gasteiger partial charge in [0.1, 0.15) is 18.2 Å². The van der Waals surface area contributed by atoms with E-state index in [1.165, 1.54) is 30.2 Å². The molecule has 1 heterocycles. The number of carbonyl (C=O) groups excluding carboxylic acids is 1. The molecule has 1 aromatic heterocycles. The lowest BCUT2D eigenvalue weighted by Crippen LogP contribution is -2.29. The summed E-state index contributed by atoms with van der Waals surface area (Å²) >= 11 is 1.44. The SMILES string of the molecule is Cc1ccc(OCCNC(=O)CSc2nnc(C)n2C2CC2)c(C)c1. The molecule has 0 unspecified atom stereocenters. The summed E-state index contributed by atoms with van der Waals surface area (Å²) in [5.74, 6) is 2.11. The maximum absolute atomic E-state index is 12.0. The number of nitrogens with one attached hydrogen (secondary N) is 1. The molecule has 6 nitrogen and oxygen atoms in total. The van der Waals surface area contributed by atoms with Crippen LogP contribution in [0.4, 0.5) is 0 Å². The van der Waals surface area contributed by atoms with Crippen molar-refractivity contribution in [1.82, 2.24) is 20.1 Å². The predicted octanol–water partition coefficient (Wildman–Crippen LogP) is 2.83. The molecule has 0 bridgehead atoms. The van der Waals surface area contributed by atoms with Crippen molar-refractivity contribution >= 4 is 17.7 Å². The van der Waals surface area contributed by atoms with E-state index < -0.39 is 0 Å². The van der Waals surface area contributed by atoms with Crippen LogP contribution in [0.25, 0.3) is 0 Å². The minimum Gasteiger partial charge on any atom is -0.491 e. The molecule has 0 aliphatic heterocycles. The molecule has 1 N–H and O–H groups in total. The van der Waals surface area contributed by atoms with Crippen molar-refractivity contribution < 1.29 is 9.53 Å². The zero-order chi connectivity index (χ0) is 17.8. The van der Waals surface area contributed by atoms with E-state index in [1.54, 1.807) is 0 Å². The third kappa shape index (κ3) is 4.75. The van der Waals surface area contributed by atoms with Gasteiger partial charge in [0.05, 0.1) is 12.3 Å². The van der Waals surface area contributed by atoms with E-state index in [9.17, 15) is 4.79 Å². The number of thioether (sulfide) groups is 1. The quantitative estimate of drug-likeness (QED) is 0.579. The highest BCUT2D eigenvalue weighted by Gasteiger charge is 2.28. The summed E-state index contributed by atoms with van der Waals surface area (Å²) in [5.41, 5.74) is 2.32. The van der Waals surface area contributed by atoms with Crippen LogP contribution in [0, 0.1) is 20.8 Å². The number of nitrogens with zero attached hydrogens (tertiary/aromatic N) is 3. The Morgan fingerprint density at radius 1 is 1.32 bits per heavy atom. The Hall–Kier alpha value is -2.02. The van der Waals surface area contributed by atoms with Gasteiger partial charge >= 0.3 is 0 Å². The fraction of sp³-hybridized carbons (Fsp3) is 0.500. The molecule has 0 spiro atoms. The number of carbonyl (C=O) groups is 1. The van der Waals surface area contributed by atoms with Crippen molar-refractivity contribution in [3.8, 4) is 5.75 Å². The first-order chi connectivity index (χ1) is 12.0. The Kier molecular flexibility index (Phi) is 5.63. The third-order valence-electron chi connectivity index (χ3n) is 4.09. The Labute approximate surface area is 152 Å². The molecule has 0 saturated heterocycles. The third-order valence-corrected chi connectivity index (χ3v) is 5.03. The van der Waals surface area contributed by atoms with Crippen molar-refractivity contribution in [3.05, 3.63) is 35.2 Å². The van der Waals surface area contributed by atoms with Gasteiger partial charge in [-0.15, -0.1) is 10.2 Å². The number of aromatic nitrogens is 3. The Bertz CT molecular complexity index is 756. The highest BCUT2D eigenvalue weighted by molar-refractivity contribution is 7.99. The van der Waals surface area contributed by atoms with Gasteiger partial charge in [-0.25, -0.2) is 0 Å². The van der Waals surface area contributed by atoms with Crippen molar-refractivity contribution in [1.29, 1.82) is 0 Å². The smallest absolute Gasteiger partial charge is 0.230 e. The van der Waals surface area contributed by atoms with E-state index >= 15 is 0 Å². The molecule has 1 saturated carbocycles. The number of aryl methyl sites for hydroxylation is 3. The minimum atomic E-state index is -0.0165. The summed E-state index contributed by atoms with van der Waals surface area (Å²) in [7, 11) is 0. The number of hydrogen-bond donors (Lipinski definition) is 1. The Morgan fingerprint density at radius 3 is 2.84 bits per heavy atom. The van der Waals surface area contributed by atoms with Crippen molar-refractivity contribution in [2.45, 2.75) is 44.8 Å². The van der Waals surface area contributed by atoms with Gasteiger partial charge in [-0.3, -0.25) is 4.79 Å². The van der Waals surface area contributed by atoms with Crippen LogP contribution in [-0.4, -0.2) is 39.6 Å². The molecular formula is C18H24N4O2S. The molecule has 1 aliphatic rings. The van der Waals surface area contributed by atoms with Crippen LogP contribution in [-0.2, 0) is 4.79 Å². The van der Waals surface area contributed by atoms with Crippen LogP contribution < -0.4 is 10.1 Å². The number of rotatable bonds is 8. The van der Waals surface area contributed by atoms with Gasteiger partial charge in [0.2, 0.25) is 5.91 Å². The fourth-order valence-electron chi connectivity index (χ4n) is 2.70. The van der Waals surface area contributed by atoms with Gasteiger partial charge in [-0.1, -0.05) is 29.5 Å². The second kappa shape index (κ2) is 7.91. The monoisotopic (exact) mass is 360 g/mol. The molecule has 1 aromatic carbocycles. The highest BCUT2D eigenvalue weighted by Crippen LogP contribution is 2.38. The molecule has 2 aromatic rings. The van der Waals surface area contributed by atoms with Crippen LogP contribution in [0.5, 0.6) is 5.75 Å². The summed E-state index contributed by atoms with van der Waals surface area (Å²) in [6, 6.07) is 6.60. The summed E-state index contributed by atoms with van der Waals surface area (Å²) in [5, 5.41) is 12.0. The first-order valence-electron chi connectivity index (χ1n) is 8.55. The summed E-state index contributed by atoms with van der Waals surface area (Å²) in [6.07, 6.45) is 2.35. The van der Waals surface area contributed by atoms with Gasteiger partial charge < -0.3 is 14.6 Å². The normalized spacial score (nSPS) is 13.7. The van der Waals surface area contributed by atoms with E-state index in [2.05, 4.69) is 33.1 Å². The molecule has 1 aliphatic carbocycles. The predicted molar refractivity (Wildman–Crippen MR) is 98.2 cm³/mol. The Morgan fingerprint density at radius 2 is 2.12 bits per heavy atom. The molecule has 1 fully saturated rings. The maximum Gasteiger partial charge on any atom is 0.230 e. The molecule has 25 heavy (non-hydrogen) atoms. The number of ether oxygens (including phenoxy) is 1. The van der Waals surface area contributed by atoms with Crippen LogP contribution in [0.3, 0.4) is 0 Å². The first kappa shape index (κ1) is 17.8. The molecule has 7 heteroatoms. The highest BCUT2D eigenvalue weighted by atomic mass is 32.2. The van der Waals surface area contributed by atoms with Gasteiger partial charge in [0, 0.05) is 6.04 Å². The first-order valence-corrected chi connectivity index (χ1v) is 9.54. The second-order valence-corrected chi connectivity index (χ2v) is 7.33. The molecule has 0 atom stereocenters. The summed E-state index contributed by atoms with van der Waals surface area (Å²) in [4.78, 5) is 12.0. The van der Waals surface area contributed by atoms with Crippen molar-refractivity contribution in [3.63, 3.8) is 0 Å². The molecule has 3 rings (SSSR count). The van der Waals surface area contributed by atoms with Gasteiger partial charge in [0.15, 0.2) is 5.16 Å². The van der Waals surface area contributed by atoms with E-state index in [0.717, 1.165) is 22.3 Å². The Balaban J connectivity index is 1.38. The zero-order valence-electron chi connectivity index (χ0n) is 14.9. The second-order valence-electron chi connectivity index (χ2n) is 6.39. The van der Waals surface area contributed by atoms with Crippen LogP contribution in [0.1, 0.15) is 35.8 Å². The fourth-order valence-corrected chi connectivity index (χ4v) is 3.58. The summed E-state index contributed by atoms with van der Waals surface area (Å²) in [6.45, 7) is 6.98. The van der Waals surface area contributed by atoms with Gasteiger partial charge in [0.25, 0.3) is 0 Å². The van der Waals surface area contributed by atoms with Gasteiger partial charge in [-0.2, -0.15) is 0 Å². The zero-order valence-corrected chi connectivity index (χ0v) is 15.7. The topological polar surface area (TPSA) is 69.0 Å². The standard InChI is InChI=1S/C18H24N4O2S/c1-12-4-7-16(13(2)10-12)24-9-8-19-17(23)11-25-18-21-20-14(3)22(18)15-5-6-15/h4,7,10,15H,5-6,8-9,11H2,1-3H3,(H,19,23). The number of hydrogen-bond acceptors (Lipinski definition) is 5. The number of benzene rings is 1. The van der Waals surface area contributed by atoms with E-state index in [4.69, 9.17) is 4.74 Å². The molecule has 0 radical (unpaired) electrons. The van der Waals surface area contributed by atoms with Crippen molar-refractivity contribution in [2.24, 2.45) is 0 Å². The van der Waals surface area contributed by atoms with E-state index in [-0.39, 0.29) is 5.91 Å². The summed E-state index contributed by atoms with van der Waals surface area (Å²) < 4.78 is 7.86. The van der Waals surface area contributed by atoms with E-state index in [1.807, 2.05) is 26.0 Å². The van der Waals surface area contributed by atoms with Crippen LogP contribution in [0.2, 0.25) is 0 Å². The maximum atomic E-state index is 12.0. The van der Waals surface area contributed by atoms with Crippen LogP contribution in [0.15, 0.2) is 23.4 Å². The lowest BCUT2D eigenvalue weighted by atomic mass is 10.1. The lowest BCUT2D eigenvalue weighted by molar-refractivity contribution is -0.118. The largest absolute Gasteiger partial charge is 0.491 e.